The minimum Gasteiger partial charge on any atom is -0.483 e. The lowest BCUT2D eigenvalue weighted by molar-refractivity contribution is -0.122. The Kier molecular flexibility index (Phi) is 4.58. The summed E-state index contributed by atoms with van der Waals surface area (Å²) < 4.78 is 6.75. The Morgan fingerprint density at radius 3 is 1.95 bits per heavy atom. The molecular weight excluding hydrogens is 351 g/mol. The first-order valence-electron chi connectivity index (χ1n) is 6.09. The second-order valence-electron chi connectivity index (χ2n) is 4.40. The van der Waals surface area contributed by atoms with Crippen LogP contribution >= 0.6 is 22.6 Å². The summed E-state index contributed by atoms with van der Waals surface area (Å²) in [6, 6.07) is 16.1. The molecule has 0 aliphatic heterocycles. The van der Waals surface area contributed by atoms with Crippen LogP contribution < -0.4 is 4.74 Å². The SMILES string of the molecule is CC(=O)C(C)Oc1ccc(-c2ccc(I)cc2)cc1. The molecular formula is C16H15IO2. The van der Waals surface area contributed by atoms with E-state index in [0.717, 1.165) is 11.3 Å². The molecule has 1 unspecified atom stereocenters. The van der Waals surface area contributed by atoms with E-state index in [1.54, 1.807) is 6.92 Å². The Morgan fingerprint density at radius 2 is 1.47 bits per heavy atom. The third-order valence-corrected chi connectivity index (χ3v) is 3.64. The molecule has 1 atom stereocenters. The van der Waals surface area contributed by atoms with E-state index in [2.05, 4.69) is 46.9 Å². The second-order valence-corrected chi connectivity index (χ2v) is 5.65. The number of carbonyl (C=O) groups excluding carboxylic acids is 1. The van der Waals surface area contributed by atoms with Gasteiger partial charge in [0, 0.05) is 3.57 Å². The van der Waals surface area contributed by atoms with Crippen molar-refractivity contribution < 1.29 is 9.53 Å². The number of hydrogen-bond acceptors (Lipinski definition) is 2. The van der Waals surface area contributed by atoms with E-state index in [1.165, 1.54) is 16.1 Å². The van der Waals surface area contributed by atoms with E-state index < -0.39 is 6.10 Å². The average molecular weight is 366 g/mol. The fourth-order valence-electron chi connectivity index (χ4n) is 1.66. The fourth-order valence-corrected chi connectivity index (χ4v) is 2.01. The third kappa shape index (κ3) is 3.80. The van der Waals surface area contributed by atoms with Crippen LogP contribution in [0.15, 0.2) is 48.5 Å². The smallest absolute Gasteiger partial charge is 0.169 e. The average Bonchev–Trinajstić information content (AvgIpc) is 2.40. The van der Waals surface area contributed by atoms with Crippen molar-refractivity contribution >= 4 is 28.4 Å². The molecule has 0 fully saturated rings. The summed E-state index contributed by atoms with van der Waals surface area (Å²) in [5, 5.41) is 0. The predicted octanol–water partition coefficient (Wildman–Crippen LogP) is 4.31. The van der Waals surface area contributed by atoms with Gasteiger partial charge in [0.05, 0.1) is 0 Å². The minimum atomic E-state index is -0.399. The summed E-state index contributed by atoms with van der Waals surface area (Å²) in [6.07, 6.45) is -0.399. The largest absolute Gasteiger partial charge is 0.483 e. The zero-order valence-electron chi connectivity index (χ0n) is 10.9. The van der Waals surface area contributed by atoms with Crippen LogP contribution in [0.2, 0.25) is 0 Å². The van der Waals surface area contributed by atoms with Crippen molar-refractivity contribution in [2.45, 2.75) is 20.0 Å². The van der Waals surface area contributed by atoms with E-state index >= 15 is 0 Å². The maximum absolute atomic E-state index is 11.1. The summed E-state index contributed by atoms with van der Waals surface area (Å²) in [4.78, 5) is 11.1. The molecule has 0 bridgehead atoms. The molecule has 2 aromatic carbocycles. The highest BCUT2D eigenvalue weighted by molar-refractivity contribution is 14.1. The highest BCUT2D eigenvalue weighted by Crippen LogP contribution is 2.23. The quantitative estimate of drug-likeness (QED) is 0.754. The third-order valence-electron chi connectivity index (χ3n) is 2.92. The van der Waals surface area contributed by atoms with E-state index in [0.29, 0.717) is 0 Å². The predicted molar refractivity (Wildman–Crippen MR) is 85.4 cm³/mol. The van der Waals surface area contributed by atoms with Crippen LogP contribution in [0.25, 0.3) is 11.1 Å². The number of hydrogen-bond donors (Lipinski definition) is 0. The Balaban J connectivity index is 2.14. The highest BCUT2D eigenvalue weighted by Gasteiger charge is 2.08. The lowest BCUT2D eigenvalue weighted by Crippen LogP contribution is -2.20. The Morgan fingerprint density at radius 1 is 1.00 bits per heavy atom. The minimum absolute atomic E-state index is 0.0294. The molecule has 0 spiro atoms. The standard InChI is InChI=1S/C16H15IO2/c1-11(18)12(2)19-16-9-5-14(6-10-16)13-3-7-15(17)8-4-13/h3-10,12H,1-2H3. The summed E-state index contributed by atoms with van der Waals surface area (Å²) in [5.74, 6) is 0.749. The first-order chi connectivity index (χ1) is 9.06. The number of ketones is 1. The molecule has 0 radical (unpaired) electrons. The van der Waals surface area contributed by atoms with Crippen molar-refractivity contribution in [3.63, 3.8) is 0 Å². The van der Waals surface area contributed by atoms with Gasteiger partial charge in [0.1, 0.15) is 5.75 Å². The van der Waals surface area contributed by atoms with Crippen LogP contribution in [0.1, 0.15) is 13.8 Å². The van der Waals surface area contributed by atoms with E-state index in [1.807, 2.05) is 24.3 Å². The van der Waals surface area contributed by atoms with Crippen molar-refractivity contribution in [2.24, 2.45) is 0 Å². The second kappa shape index (κ2) is 6.19. The molecule has 19 heavy (non-hydrogen) atoms. The molecule has 2 rings (SSSR count). The number of benzene rings is 2. The Labute approximate surface area is 126 Å². The van der Waals surface area contributed by atoms with E-state index in [4.69, 9.17) is 4.74 Å². The van der Waals surface area contributed by atoms with Crippen molar-refractivity contribution in [3.05, 3.63) is 52.1 Å². The van der Waals surface area contributed by atoms with Crippen LogP contribution in [0.4, 0.5) is 0 Å². The normalized spacial score (nSPS) is 11.9. The molecule has 2 aromatic rings. The Hall–Kier alpha value is -1.36. The molecule has 0 saturated heterocycles. The molecule has 98 valence electrons. The van der Waals surface area contributed by atoms with Gasteiger partial charge in [-0.1, -0.05) is 24.3 Å². The van der Waals surface area contributed by atoms with Gasteiger partial charge in [-0.25, -0.2) is 0 Å². The van der Waals surface area contributed by atoms with Gasteiger partial charge < -0.3 is 4.74 Å². The Bertz CT molecular complexity index is 558. The maximum Gasteiger partial charge on any atom is 0.169 e. The molecule has 2 nitrogen and oxygen atoms in total. The number of carbonyl (C=O) groups is 1. The summed E-state index contributed by atoms with van der Waals surface area (Å²) in [6.45, 7) is 3.29. The first-order valence-corrected chi connectivity index (χ1v) is 7.17. The fraction of sp³-hybridized carbons (Fsp3) is 0.188. The van der Waals surface area contributed by atoms with Crippen LogP contribution in [0.3, 0.4) is 0 Å². The first kappa shape index (κ1) is 14.1. The number of halogens is 1. The van der Waals surface area contributed by atoms with Crippen molar-refractivity contribution in [1.82, 2.24) is 0 Å². The summed E-state index contributed by atoms with van der Waals surface area (Å²) >= 11 is 2.29. The molecule has 0 N–H and O–H groups in total. The lowest BCUT2D eigenvalue weighted by Gasteiger charge is -2.12. The van der Waals surface area contributed by atoms with Crippen molar-refractivity contribution in [1.29, 1.82) is 0 Å². The molecule has 0 amide bonds. The zero-order valence-corrected chi connectivity index (χ0v) is 13.0. The van der Waals surface area contributed by atoms with Gasteiger partial charge in [-0.3, -0.25) is 4.79 Å². The van der Waals surface area contributed by atoms with Crippen LogP contribution in [0, 0.1) is 3.57 Å². The van der Waals surface area contributed by atoms with Gasteiger partial charge in [0.25, 0.3) is 0 Å². The van der Waals surface area contributed by atoms with Gasteiger partial charge in [0.15, 0.2) is 11.9 Å². The molecule has 0 aliphatic carbocycles. The van der Waals surface area contributed by atoms with Crippen molar-refractivity contribution in [2.75, 3.05) is 0 Å². The monoisotopic (exact) mass is 366 g/mol. The molecule has 0 heterocycles. The van der Waals surface area contributed by atoms with Crippen LogP contribution in [0.5, 0.6) is 5.75 Å². The molecule has 0 saturated carbocycles. The van der Waals surface area contributed by atoms with Crippen molar-refractivity contribution in [3.8, 4) is 16.9 Å². The topological polar surface area (TPSA) is 26.3 Å². The molecule has 0 aliphatic rings. The summed E-state index contributed by atoms with van der Waals surface area (Å²) in [7, 11) is 0. The molecule has 0 aromatic heterocycles. The van der Waals surface area contributed by atoms with Gasteiger partial charge in [-0.15, -0.1) is 0 Å². The molecule has 3 heteroatoms. The van der Waals surface area contributed by atoms with E-state index in [-0.39, 0.29) is 5.78 Å². The van der Waals surface area contributed by atoms with Gasteiger partial charge in [-0.05, 0) is 71.8 Å². The number of rotatable bonds is 4. The zero-order chi connectivity index (χ0) is 13.8. The highest BCUT2D eigenvalue weighted by atomic mass is 127. The van der Waals surface area contributed by atoms with E-state index in [9.17, 15) is 4.79 Å². The number of Topliss-reactive ketones (excluding diaryl/α,β-unsaturated/α-hetero) is 1. The van der Waals surface area contributed by atoms with Gasteiger partial charge in [-0.2, -0.15) is 0 Å². The van der Waals surface area contributed by atoms with Gasteiger partial charge >= 0.3 is 0 Å². The lowest BCUT2D eigenvalue weighted by atomic mass is 10.1. The maximum atomic E-state index is 11.1. The summed E-state index contributed by atoms with van der Waals surface area (Å²) in [5.41, 5.74) is 2.31. The van der Waals surface area contributed by atoms with Crippen LogP contribution in [-0.2, 0) is 4.79 Å². The van der Waals surface area contributed by atoms with Crippen LogP contribution in [-0.4, -0.2) is 11.9 Å². The van der Waals surface area contributed by atoms with Gasteiger partial charge in [0.2, 0.25) is 0 Å². The number of ether oxygens (including phenoxy) is 1.